The summed E-state index contributed by atoms with van der Waals surface area (Å²) >= 11 is 0. The average Bonchev–Trinajstić information content (AvgIpc) is 2.71. The van der Waals surface area contributed by atoms with Gasteiger partial charge in [-0.2, -0.15) is 0 Å². The Labute approximate surface area is 111 Å². The van der Waals surface area contributed by atoms with Crippen molar-refractivity contribution in [3.63, 3.8) is 0 Å². The van der Waals surface area contributed by atoms with Crippen LogP contribution in [0.25, 0.3) is 0 Å². The van der Waals surface area contributed by atoms with Gasteiger partial charge in [-0.15, -0.1) is 0 Å². The minimum absolute atomic E-state index is 0.111. The van der Waals surface area contributed by atoms with E-state index in [2.05, 4.69) is 0 Å². The van der Waals surface area contributed by atoms with E-state index in [1.54, 1.807) is 18.2 Å². The van der Waals surface area contributed by atoms with Crippen LogP contribution in [0.4, 0.5) is 5.69 Å². The summed E-state index contributed by atoms with van der Waals surface area (Å²) in [6.07, 6.45) is -1.80. The molecule has 0 saturated carbocycles. The van der Waals surface area contributed by atoms with Gasteiger partial charge in [0.15, 0.2) is 5.75 Å². The summed E-state index contributed by atoms with van der Waals surface area (Å²) in [4.78, 5) is 13.7. The number of β-amino-alcohol motifs (C(OH)–C–C–N with tert-alkyl or cyclic N) is 2. The lowest BCUT2D eigenvalue weighted by molar-refractivity contribution is 0.0572. The number of carbonyl (C=O) groups excluding carboxylic acids is 1. The molecule has 2 rings (SSSR count). The van der Waals surface area contributed by atoms with Crippen LogP contribution in [0, 0.1) is 0 Å². The van der Waals surface area contributed by atoms with Crippen molar-refractivity contribution in [1.82, 2.24) is 4.90 Å². The summed E-state index contributed by atoms with van der Waals surface area (Å²) in [5.41, 5.74) is 6.55. The lowest BCUT2D eigenvalue weighted by Crippen LogP contribution is -2.30. The second-order valence-electron chi connectivity index (χ2n) is 4.50. The van der Waals surface area contributed by atoms with Gasteiger partial charge in [0.05, 0.1) is 30.1 Å². The number of nitrogen functional groups attached to an aromatic ring is 1. The molecule has 0 aliphatic carbocycles. The smallest absolute Gasteiger partial charge is 0.257 e. The second-order valence-corrected chi connectivity index (χ2v) is 4.50. The third-order valence-corrected chi connectivity index (χ3v) is 3.11. The Morgan fingerprint density at radius 2 is 2.05 bits per heavy atom. The van der Waals surface area contributed by atoms with Crippen LogP contribution in [0.2, 0.25) is 0 Å². The van der Waals surface area contributed by atoms with Gasteiger partial charge in [-0.1, -0.05) is 6.07 Å². The summed E-state index contributed by atoms with van der Waals surface area (Å²) in [6.45, 7) is 2.44. The number of benzene rings is 1. The van der Waals surface area contributed by atoms with Crippen LogP contribution >= 0.6 is 0 Å². The number of anilines is 1. The summed E-state index contributed by atoms with van der Waals surface area (Å²) in [6, 6.07) is 4.96. The molecule has 6 heteroatoms. The normalized spacial score (nSPS) is 22.6. The fraction of sp³-hybridized carbons (Fsp3) is 0.462. The van der Waals surface area contributed by atoms with E-state index in [1.165, 1.54) is 4.90 Å². The van der Waals surface area contributed by atoms with E-state index < -0.39 is 12.2 Å². The molecule has 4 N–H and O–H groups in total. The molecule has 1 aromatic rings. The minimum atomic E-state index is -0.902. The molecule has 1 fully saturated rings. The Hall–Kier alpha value is -1.79. The summed E-state index contributed by atoms with van der Waals surface area (Å²) < 4.78 is 5.40. The molecule has 1 aliphatic heterocycles. The van der Waals surface area contributed by atoms with Gasteiger partial charge in [0.1, 0.15) is 0 Å². The molecule has 1 aromatic carbocycles. The van der Waals surface area contributed by atoms with E-state index in [-0.39, 0.29) is 19.0 Å². The molecule has 0 radical (unpaired) electrons. The first-order valence-corrected chi connectivity index (χ1v) is 6.21. The molecular weight excluding hydrogens is 248 g/mol. The van der Waals surface area contributed by atoms with Gasteiger partial charge in [-0.3, -0.25) is 4.79 Å². The van der Waals surface area contributed by atoms with Gasteiger partial charge in [0.25, 0.3) is 5.91 Å². The van der Waals surface area contributed by atoms with Crippen molar-refractivity contribution in [3.8, 4) is 5.75 Å². The lowest BCUT2D eigenvalue weighted by Gasteiger charge is -2.18. The zero-order valence-corrected chi connectivity index (χ0v) is 10.7. The Balaban J connectivity index is 2.26. The maximum atomic E-state index is 12.4. The zero-order chi connectivity index (χ0) is 14.0. The number of nitrogens with zero attached hydrogens (tertiary/aromatic N) is 1. The number of hydrogen-bond acceptors (Lipinski definition) is 5. The molecule has 2 atom stereocenters. The summed E-state index contributed by atoms with van der Waals surface area (Å²) in [5, 5.41) is 19.0. The van der Waals surface area contributed by atoms with Crippen molar-refractivity contribution in [2.75, 3.05) is 25.4 Å². The number of nitrogens with two attached hydrogens (primary N) is 1. The largest absolute Gasteiger partial charge is 0.491 e. The number of amides is 1. The molecule has 0 bridgehead atoms. The standard InChI is InChI=1S/C13H18N2O4/c1-2-19-12-8(4-3-5-9(12)14)13(18)15-6-10(16)11(17)7-15/h3-5,10-11,16-17H,2,6-7,14H2,1H3. The van der Waals surface area contributed by atoms with Crippen LogP contribution in [0.5, 0.6) is 5.75 Å². The number of aliphatic hydroxyl groups excluding tert-OH is 2. The number of carbonyl (C=O) groups is 1. The van der Waals surface area contributed by atoms with Gasteiger partial charge in [0, 0.05) is 13.1 Å². The first-order chi connectivity index (χ1) is 9.04. The molecule has 0 aromatic heterocycles. The number of ether oxygens (including phenoxy) is 1. The van der Waals surface area contributed by atoms with Crippen LogP contribution < -0.4 is 10.5 Å². The Morgan fingerprint density at radius 3 is 2.63 bits per heavy atom. The Bertz CT molecular complexity index is 468. The Morgan fingerprint density at radius 1 is 1.42 bits per heavy atom. The zero-order valence-electron chi connectivity index (χ0n) is 10.7. The molecule has 1 aliphatic rings. The Kier molecular flexibility index (Phi) is 3.92. The van der Waals surface area contributed by atoms with Crippen LogP contribution in [0.1, 0.15) is 17.3 Å². The maximum absolute atomic E-state index is 12.4. The van der Waals surface area contributed by atoms with Crippen molar-refractivity contribution in [3.05, 3.63) is 23.8 Å². The van der Waals surface area contributed by atoms with Crippen molar-refractivity contribution in [1.29, 1.82) is 0 Å². The first kappa shape index (κ1) is 13.6. The maximum Gasteiger partial charge on any atom is 0.257 e. The fourth-order valence-electron chi connectivity index (χ4n) is 2.13. The van der Waals surface area contributed by atoms with Crippen molar-refractivity contribution in [2.24, 2.45) is 0 Å². The topological polar surface area (TPSA) is 96.0 Å². The average molecular weight is 266 g/mol. The molecule has 0 spiro atoms. The van der Waals surface area contributed by atoms with E-state index in [0.29, 0.717) is 23.6 Å². The number of hydrogen-bond donors (Lipinski definition) is 3. The van der Waals surface area contributed by atoms with Gasteiger partial charge < -0.3 is 25.6 Å². The number of aliphatic hydroxyl groups is 2. The summed E-state index contributed by atoms with van der Waals surface area (Å²) in [5.74, 6) is 0.0530. The third-order valence-electron chi connectivity index (χ3n) is 3.11. The van der Waals surface area contributed by atoms with Crippen LogP contribution in [0.3, 0.4) is 0 Å². The van der Waals surface area contributed by atoms with Crippen LogP contribution in [-0.2, 0) is 0 Å². The van der Waals surface area contributed by atoms with Crippen LogP contribution in [0.15, 0.2) is 18.2 Å². The van der Waals surface area contributed by atoms with Gasteiger partial charge >= 0.3 is 0 Å². The van der Waals surface area contributed by atoms with E-state index in [9.17, 15) is 15.0 Å². The fourth-order valence-corrected chi connectivity index (χ4v) is 2.13. The quantitative estimate of drug-likeness (QED) is 0.661. The molecule has 6 nitrogen and oxygen atoms in total. The van der Waals surface area contributed by atoms with Crippen molar-refractivity contribution < 1.29 is 19.7 Å². The van der Waals surface area contributed by atoms with Gasteiger partial charge in [-0.25, -0.2) is 0 Å². The molecule has 2 unspecified atom stereocenters. The van der Waals surface area contributed by atoms with E-state index in [0.717, 1.165) is 0 Å². The molecule has 104 valence electrons. The minimum Gasteiger partial charge on any atom is -0.491 e. The highest BCUT2D eigenvalue weighted by molar-refractivity contribution is 5.98. The molecule has 1 amide bonds. The molecule has 1 saturated heterocycles. The first-order valence-electron chi connectivity index (χ1n) is 6.21. The van der Waals surface area contributed by atoms with Crippen LogP contribution in [-0.4, -0.2) is 52.9 Å². The van der Waals surface area contributed by atoms with Gasteiger partial charge in [-0.05, 0) is 19.1 Å². The SMILES string of the molecule is CCOc1c(N)cccc1C(=O)N1CC(O)C(O)C1. The van der Waals surface area contributed by atoms with E-state index >= 15 is 0 Å². The highest BCUT2D eigenvalue weighted by atomic mass is 16.5. The van der Waals surface area contributed by atoms with E-state index in [4.69, 9.17) is 10.5 Å². The van der Waals surface area contributed by atoms with Crippen molar-refractivity contribution >= 4 is 11.6 Å². The second kappa shape index (κ2) is 5.46. The highest BCUT2D eigenvalue weighted by Crippen LogP contribution is 2.28. The molecule has 1 heterocycles. The molecular formula is C13H18N2O4. The van der Waals surface area contributed by atoms with E-state index in [1.807, 2.05) is 6.92 Å². The monoisotopic (exact) mass is 266 g/mol. The lowest BCUT2D eigenvalue weighted by atomic mass is 10.1. The number of para-hydroxylation sites is 1. The third kappa shape index (κ3) is 2.64. The van der Waals surface area contributed by atoms with Gasteiger partial charge in [0.2, 0.25) is 0 Å². The number of likely N-dealkylation sites (tertiary alicyclic amines) is 1. The molecule has 19 heavy (non-hydrogen) atoms. The summed E-state index contributed by atoms with van der Waals surface area (Å²) in [7, 11) is 0. The van der Waals surface area contributed by atoms with Crippen molar-refractivity contribution in [2.45, 2.75) is 19.1 Å². The number of rotatable bonds is 3. The predicted octanol–water partition coefficient (Wildman–Crippen LogP) is -0.155. The highest BCUT2D eigenvalue weighted by Gasteiger charge is 2.34. The predicted molar refractivity (Wildman–Crippen MR) is 69.9 cm³/mol.